The number of hydrogen-bond acceptors (Lipinski definition) is 5. The number of imidazole rings is 3. The molecule has 10 nitrogen and oxygen atoms in total. The molecule has 0 unspecified atom stereocenters. The Morgan fingerprint density at radius 3 is 2.43 bits per heavy atom. The molecule has 1 fully saturated rings. The van der Waals surface area contributed by atoms with Crippen LogP contribution in [0, 0.1) is 5.82 Å². The fourth-order valence-electron chi connectivity index (χ4n) is 6.40. The topological polar surface area (TPSA) is 101 Å². The predicted molar refractivity (Wildman–Crippen MR) is 167 cm³/mol. The zero-order chi connectivity index (χ0) is 30.7. The molecule has 4 heterocycles. The molecule has 7 rings (SSSR count). The van der Waals surface area contributed by atoms with Crippen molar-refractivity contribution in [2.45, 2.75) is 18.8 Å². The molecule has 1 saturated heterocycles. The third-order valence-corrected chi connectivity index (χ3v) is 8.77. The third kappa shape index (κ3) is 4.34. The van der Waals surface area contributed by atoms with Gasteiger partial charge >= 0.3 is 5.69 Å². The van der Waals surface area contributed by atoms with Gasteiger partial charge in [-0.2, -0.15) is 0 Å². The van der Waals surface area contributed by atoms with E-state index in [1.807, 2.05) is 42.9 Å². The number of hydrogen-bond donors (Lipinski definition) is 1. The molecular weight excluding hydrogens is 561 g/mol. The number of halogens is 1. The van der Waals surface area contributed by atoms with Gasteiger partial charge in [0.25, 0.3) is 5.91 Å². The van der Waals surface area contributed by atoms with Crippen LogP contribution in [0.1, 0.15) is 34.7 Å². The second-order valence-corrected chi connectivity index (χ2v) is 11.3. The van der Waals surface area contributed by atoms with E-state index < -0.39 is 11.7 Å². The van der Waals surface area contributed by atoms with Crippen LogP contribution in [0.25, 0.3) is 50.4 Å². The maximum atomic E-state index is 14.9. The highest BCUT2D eigenvalue weighted by Crippen LogP contribution is 2.37. The Bertz CT molecular complexity index is 2150. The first-order valence-electron chi connectivity index (χ1n) is 14.6. The summed E-state index contributed by atoms with van der Waals surface area (Å²) in [6.07, 6.45) is 5.26. The summed E-state index contributed by atoms with van der Waals surface area (Å²) in [5.41, 5.74) is 7.48. The van der Waals surface area contributed by atoms with Crippen molar-refractivity contribution < 1.29 is 13.9 Å². The quantitative estimate of drug-likeness (QED) is 0.313. The van der Waals surface area contributed by atoms with E-state index in [1.165, 1.54) is 19.2 Å². The molecule has 44 heavy (non-hydrogen) atoms. The number of nitrogens with zero attached hydrogens (tertiary/aromatic N) is 6. The van der Waals surface area contributed by atoms with Crippen LogP contribution in [0.4, 0.5) is 4.39 Å². The number of carbonyl (C=O) groups excluding carboxylic acids is 1. The highest BCUT2D eigenvalue weighted by atomic mass is 19.1. The second kappa shape index (κ2) is 10.6. The minimum absolute atomic E-state index is 0.00821. The fraction of sp³-hybridized carbons (Fsp3) is 0.273. The maximum absolute atomic E-state index is 14.9. The average Bonchev–Trinajstić information content (AvgIpc) is 3.70. The normalized spacial score (nSPS) is 14.1. The van der Waals surface area contributed by atoms with Gasteiger partial charge in [0.1, 0.15) is 11.5 Å². The first-order valence-corrected chi connectivity index (χ1v) is 14.6. The fourth-order valence-corrected chi connectivity index (χ4v) is 6.40. The van der Waals surface area contributed by atoms with E-state index >= 15 is 0 Å². The second-order valence-electron chi connectivity index (χ2n) is 11.3. The summed E-state index contributed by atoms with van der Waals surface area (Å²) in [5, 5.41) is 2.47. The van der Waals surface area contributed by atoms with E-state index in [-0.39, 0.29) is 17.2 Å². The van der Waals surface area contributed by atoms with Crippen LogP contribution in [-0.4, -0.2) is 54.4 Å². The smallest absolute Gasteiger partial charge is 0.328 e. The molecule has 6 aromatic rings. The Hall–Kier alpha value is -5.03. The lowest BCUT2D eigenvalue weighted by atomic mass is 9.90. The van der Waals surface area contributed by atoms with Crippen LogP contribution in [-0.2, 0) is 25.9 Å². The van der Waals surface area contributed by atoms with Crippen molar-refractivity contribution in [1.29, 1.82) is 0 Å². The van der Waals surface area contributed by atoms with E-state index in [4.69, 9.17) is 9.72 Å². The summed E-state index contributed by atoms with van der Waals surface area (Å²) < 4.78 is 28.0. The van der Waals surface area contributed by atoms with Crippen LogP contribution in [0.5, 0.6) is 0 Å². The highest BCUT2D eigenvalue weighted by Gasteiger charge is 2.25. The van der Waals surface area contributed by atoms with Gasteiger partial charge < -0.3 is 14.6 Å². The van der Waals surface area contributed by atoms with Crippen LogP contribution in [0.15, 0.2) is 65.8 Å². The molecule has 3 aromatic heterocycles. The van der Waals surface area contributed by atoms with Crippen LogP contribution in [0.3, 0.4) is 0 Å². The zero-order valence-electron chi connectivity index (χ0n) is 25.0. The number of nitrogens with one attached hydrogen (secondary N) is 1. The minimum atomic E-state index is -0.592. The molecule has 0 saturated carbocycles. The molecule has 3 aromatic carbocycles. The van der Waals surface area contributed by atoms with Crippen molar-refractivity contribution in [2.24, 2.45) is 21.1 Å². The van der Waals surface area contributed by atoms with Gasteiger partial charge in [-0.25, -0.2) is 19.2 Å². The zero-order valence-corrected chi connectivity index (χ0v) is 25.0. The first kappa shape index (κ1) is 27.8. The summed E-state index contributed by atoms with van der Waals surface area (Å²) in [6.45, 7) is 1.36. The largest absolute Gasteiger partial charge is 0.381 e. The summed E-state index contributed by atoms with van der Waals surface area (Å²) in [4.78, 5) is 34.6. The van der Waals surface area contributed by atoms with Crippen molar-refractivity contribution in [3.8, 4) is 28.3 Å². The number of fused-ring (bicyclic) bond motifs is 2. The van der Waals surface area contributed by atoms with Crippen molar-refractivity contribution in [3.05, 3.63) is 88.5 Å². The van der Waals surface area contributed by atoms with Gasteiger partial charge in [-0.1, -0.05) is 12.1 Å². The van der Waals surface area contributed by atoms with Gasteiger partial charge in [0.15, 0.2) is 5.82 Å². The van der Waals surface area contributed by atoms with Crippen molar-refractivity contribution in [1.82, 2.24) is 33.6 Å². The van der Waals surface area contributed by atoms with Crippen LogP contribution in [0.2, 0.25) is 0 Å². The van der Waals surface area contributed by atoms with E-state index in [9.17, 15) is 14.0 Å². The minimum Gasteiger partial charge on any atom is -0.381 e. The van der Waals surface area contributed by atoms with Crippen LogP contribution < -0.4 is 11.0 Å². The third-order valence-electron chi connectivity index (χ3n) is 8.77. The number of aromatic nitrogens is 6. The number of rotatable bonds is 5. The Balaban J connectivity index is 1.46. The summed E-state index contributed by atoms with van der Waals surface area (Å²) in [6, 6.07) is 14.6. The van der Waals surface area contributed by atoms with E-state index in [1.54, 1.807) is 34.8 Å². The lowest BCUT2D eigenvalue weighted by Gasteiger charge is -2.24. The Morgan fingerprint density at radius 2 is 1.73 bits per heavy atom. The predicted octanol–water partition coefficient (Wildman–Crippen LogP) is 4.68. The molecule has 1 aliphatic rings. The number of benzene rings is 3. The number of ether oxygens (including phenoxy) is 1. The Morgan fingerprint density at radius 1 is 0.977 bits per heavy atom. The molecule has 1 amide bonds. The van der Waals surface area contributed by atoms with Gasteiger partial charge in [0.2, 0.25) is 0 Å². The van der Waals surface area contributed by atoms with Crippen molar-refractivity contribution in [2.75, 3.05) is 20.3 Å². The molecule has 0 radical (unpaired) electrons. The molecule has 0 aliphatic carbocycles. The molecular formula is C33H32FN7O3. The number of amides is 1. The molecule has 224 valence electrons. The van der Waals surface area contributed by atoms with E-state index in [0.717, 1.165) is 51.9 Å². The lowest BCUT2D eigenvalue weighted by molar-refractivity contribution is 0.0855. The Labute approximate surface area is 252 Å². The molecule has 11 heteroatoms. The van der Waals surface area contributed by atoms with Gasteiger partial charge in [-0.05, 0) is 71.8 Å². The number of carbonyl (C=O) groups is 1. The molecule has 0 spiro atoms. The lowest BCUT2D eigenvalue weighted by Crippen LogP contribution is -2.20. The number of aryl methyl sites for hydroxylation is 3. The molecule has 0 atom stereocenters. The monoisotopic (exact) mass is 593 g/mol. The SMILES string of the molecule is CNC(=O)c1ccc(-c2ccc3c(c2)nc(-c2cncn2C)n3-c2cc(C3CCOCC3)c3c(c2)n(C)c(=O)n3C)cc1F. The molecule has 0 bridgehead atoms. The van der Waals surface area contributed by atoms with E-state index in [2.05, 4.69) is 20.9 Å². The van der Waals surface area contributed by atoms with Crippen LogP contribution >= 0.6 is 0 Å². The summed E-state index contributed by atoms with van der Waals surface area (Å²) in [5.74, 6) is -0.132. The van der Waals surface area contributed by atoms with Crippen molar-refractivity contribution in [3.63, 3.8) is 0 Å². The molecule has 1 N–H and O–H groups in total. The van der Waals surface area contributed by atoms with Crippen molar-refractivity contribution >= 4 is 28.0 Å². The van der Waals surface area contributed by atoms with Gasteiger partial charge in [0.05, 0.1) is 45.8 Å². The van der Waals surface area contributed by atoms with E-state index in [0.29, 0.717) is 30.1 Å². The Kier molecular flexibility index (Phi) is 6.69. The summed E-state index contributed by atoms with van der Waals surface area (Å²) >= 11 is 0. The molecule has 1 aliphatic heterocycles. The highest BCUT2D eigenvalue weighted by molar-refractivity contribution is 5.95. The van der Waals surface area contributed by atoms with Gasteiger partial charge in [0, 0.05) is 41.4 Å². The standard InChI is InChI=1S/C33H32FN7O3/c1-35-32(42)23-7-5-20(13-25(23)34)21-6-8-27-26(14-21)37-31(29-17-36-18-38(29)2)41(27)22-15-24(19-9-11-44-12-10-19)30-28(16-22)39(3)33(43)40(30)4/h5-8,13-19H,9-12H2,1-4H3,(H,35,42). The first-order chi connectivity index (χ1) is 21.3. The summed E-state index contributed by atoms with van der Waals surface area (Å²) in [7, 11) is 7.02. The maximum Gasteiger partial charge on any atom is 0.328 e. The van der Waals surface area contributed by atoms with Gasteiger partial charge in [-0.3, -0.25) is 18.5 Å². The van der Waals surface area contributed by atoms with Gasteiger partial charge in [-0.15, -0.1) is 0 Å². The average molecular weight is 594 g/mol.